The zero-order valence-corrected chi connectivity index (χ0v) is 27.7. The zero-order chi connectivity index (χ0) is 33.6. The van der Waals surface area contributed by atoms with Crippen LogP contribution in [0.15, 0.2) is 58.5 Å². The third-order valence-electron chi connectivity index (χ3n) is 11.9. The first-order valence-electron chi connectivity index (χ1n) is 16.3. The van der Waals surface area contributed by atoms with Gasteiger partial charge in [-0.05, 0) is 93.5 Å². The summed E-state index contributed by atoms with van der Waals surface area (Å²) in [6.45, 7) is 8.05. The van der Waals surface area contributed by atoms with E-state index in [1.165, 1.54) is 63.7 Å². The van der Waals surface area contributed by atoms with Crippen LogP contribution in [0.2, 0.25) is 0 Å². The van der Waals surface area contributed by atoms with Gasteiger partial charge in [0.05, 0.1) is 42.3 Å². The Bertz CT molecular complexity index is 1500. The van der Waals surface area contributed by atoms with Gasteiger partial charge in [-0.3, -0.25) is 14.9 Å². The number of hydrogen-bond acceptors (Lipinski definition) is 9. The number of nitro benzene ring substituents is 1. The van der Waals surface area contributed by atoms with Gasteiger partial charge in [-0.2, -0.15) is 0 Å². The number of allylic oxidation sites excluding steroid dienone is 3. The van der Waals surface area contributed by atoms with Crippen LogP contribution in [0.5, 0.6) is 0 Å². The quantitative estimate of drug-likeness (QED) is 0.229. The SMILES string of the molecule is COC(=O)C1=C(C)NC(C)=C(C(=O)OC)C1c1ccccc1[N+](=O)[O-].C[C@]12CC[C@H]3[C@@H](CCC4=CC(=O)CC[C@@]43C)[C@@H]1CC[C@@H]2O. The molecule has 3 fully saturated rings. The van der Waals surface area contributed by atoms with Crippen LogP contribution < -0.4 is 5.32 Å². The van der Waals surface area contributed by atoms with E-state index < -0.39 is 22.8 Å². The summed E-state index contributed by atoms with van der Waals surface area (Å²) >= 11 is 0. The maximum atomic E-state index is 12.3. The van der Waals surface area contributed by atoms with Crippen LogP contribution in [0.1, 0.15) is 90.5 Å². The Labute approximate surface area is 270 Å². The minimum Gasteiger partial charge on any atom is -0.466 e. The van der Waals surface area contributed by atoms with Crippen molar-refractivity contribution in [2.24, 2.45) is 28.6 Å². The fourth-order valence-electron chi connectivity index (χ4n) is 9.50. The molecule has 4 aliphatic carbocycles. The maximum Gasteiger partial charge on any atom is 0.336 e. The molecule has 46 heavy (non-hydrogen) atoms. The summed E-state index contributed by atoms with van der Waals surface area (Å²) in [7, 11) is 2.42. The van der Waals surface area contributed by atoms with Gasteiger partial charge in [-0.25, -0.2) is 9.59 Å². The number of aliphatic hydroxyl groups is 1. The molecule has 1 heterocycles. The Morgan fingerprint density at radius 2 is 1.57 bits per heavy atom. The fraction of sp³-hybridized carbons (Fsp3) is 0.583. The number of ether oxygens (including phenoxy) is 2. The van der Waals surface area contributed by atoms with Crippen molar-refractivity contribution < 1.29 is 33.9 Å². The molecule has 2 N–H and O–H groups in total. The van der Waals surface area contributed by atoms with E-state index in [-0.39, 0.29) is 39.3 Å². The van der Waals surface area contributed by atoms with E-state index in [4.69, 9.17) is 9.47 Å². The summed E-state index contributed by atoms with van der Waals surface area (Å²) in [5.74, 6) is 0.247. The molecule has 1 aromatic carbocycles. The van der Waals surface area contributed by atoms with Gasteiger partial charge in [0.15, 0.2) is 5.78 Å². The van der Waals surface area contributed by atoms with Crippen LogP contribution in [0.3, 0.4) is 0 Å². The number of methoxy groups -OCH3 is 2. The predicted molar refractivity (Wildman–Crippen MR) is 171 cm³/mol. The van der Waals surface area contributed by atoms with Crippen LogP contribution in [-0.2, 0) is 23.9 Å². The first-order valence-corrected chi connectivity index (χ1v) is 16.3. The number of para-hydroxylation sites is 1. The predicted octanol–water partition coefficient (Wildman–Crippen LogP) is 6.05. The number of ketones is 1. The van der Waals surface area contributed by atoms with Gasteiger partial charge in [0.25, 0.3) is 5.69 Å². The molecule has 0 amide bonds. The lowest BCUT2D eigenvalue weighted by atomic mass is 9.47. The molecule has 6 atom stereocenters. The van der Waals surface area contributed by atoms with Gasteiger partial charge in [0.1, 0.15) is 0 Å². The second-order valence-electron chi connectivity index (χ2n) is 14.0. The van der Waals surface area contributed by atoms with E-state index in [2.05, 4.69) is 19.2 Å². The number of nitrogens with one attached hydrogen (secondary N) is 1. The van der Waals surface area contributed by atoms with Crippen LogP contribution in [0.4, 0.5) is 5.69 Å². The Morgan fingerprint density at radius 1 is 0.935 bits per heavy atom. The average molecular weight is 635 g/mol. The number of esters is 2. The van der Waals surface area contributed by atoms with Crippen molar-refractivity contribution in [2.45, 2.75) is 91.1 Å². The van der Waals surface area contributed by atoms with Gasteiger partial charge in [0, 0.05) is 29.4 Å². The van der Waals surface area contributed by atoms with Gasteiger partial charge < -0.3 is 19.9 Å². The summed E-state index contributed by atoms with van der Waals surface area (Å²) in [5.41, 5.74) is 3.08. The van der Waals surface area contributed by atoms with Crippen molar-refractivity contribution in [2.75, 3.05) is 14.2 Å². The molecule has 0 radical (unpaired) electrons. The topological polar surface area (TPSA) is 145 Å². The summed E-state index contributed by atoms with van der Waals surface area (Å²) < 4.78 is 9.66. The maximum absolute atomic E-state index is 12.3. The Hall–Kier alpha value is -3.79. The minimum absolute atomic E-state index is 0.0823. The molecule has 0 spiro atoms. The van der Waals surface area contributed by atoms with E-state index in [0.29, 0.717) is 23.1 Å². The lowest BCUT2D eigenvalue weighted by molar-refractivity contribution is -0.385. The normalized spacial score (nSPS) is 32.2. The standard InChI is InChI=1S/C19H28O2.C17H18N2O6/c1-18-9-7-13(20)11-12(18)3-4-14-15-5-6-17(21)19(15,2)10-8-16(14)18;1-9-13(16(20)24-3)15(14(10(2)18-9)17(21)25-4)11-7-5-6-8-12(11)19(22)23/h11,14-17,21H,3-10H2,1-2H3;5-8,15,18H,1-4H3/t14-,15-,16-,17-,18-,19-;/m0./s1. The van der Waals surface area contributed by atoms with Crippen molar-refractivity contribution in [1.82, 2.24) is 5.32 Å². The third-order valence-corrected chi connectivity index (χ3v) is 11.9. The largest absolute Gasteiger partial charge is 0.466 e. The van der Waals surface area contributed by atoms with Gasteiger partial charge in [0.2, 0.25) is 0 Å². The van der Waals surface area contributed by atoms with Gasteiger partial charge in [-0.1, -0.05) is 37.6 Å². The number of rotatable bonds is 4. The van der Waals surface area contributed by atoms with Crippen LogP contribution in [0.25, 0.3) is 0 Å². The molecule has 6 rings (SSSR count). The Morgan fingerprint density at radius 3 is 2.17 bits per heavy atom. The number of hydrogen-bond donors (Lipinski definition) is 2. The third kappa shape index (κ3) is 5.58. The van der Waals surface area contributed by atoms with E-state index in [1.807, 2.05) is 6.08 Å². The highest BCUT2D eigenvalue weighted by molar-refractivity contribution is 6.00. The lowest BCUT2D eigenvalue weighted by Gasteiger charge is -2.57. The van der Waals surface area contributed by atoms with Crippen LogP contribution >= 0.6 is 0 Å². The Balaban J connectivity index is 0.000000183. The molecular formula is C36H46N2O8. The average Bonchev–Trinajstić information content (AvgIpc) is 3.34. The molecule has 5 aliphatic rings. The van der Waals surface area contributed by atoms with Gasteiger partial charge >= 0.3 is 11.9 Å². The molecule has 248 valence electrons. The second-order valence-corrected chi connectivity index (χ2v) is 14.0. The number of benzene rings is 1. The summed E-state index contributed by atoms with van der Waals surface area (Å²) in [6.07, 6.45) is 10.7. The number of nitrogens with zero attached hydrogens (tertiary/aromatic N) is 1. The molecule has 1 aromatic rings. The summed E-state index contributed by atoms with van der Waals surface area (Å²) in [6, 6.07) is 5.97. The zero-order valence-electron chi connectivity index (χ0n) is 27.7. The molecule has 0 aromatic heterocycles. The van der Waals surface area contributed by atoms with Crippen molar-refractivity contribution in [3.05, 3.63) is 74.1 Å². The molecule has 1 aliphatic heterocycles. The fourth-order valence-corrected chi connectivity index (χ4v) is 9.50. The monoisotopic (exact) mass is 634 g/mol. The highest BCUT2D eigenvalue weighted by Gasteiger charge is 2.58. The lowest BCUT2D eigenvalue weighted by Crippen LogP contribution is -2.51. The van der Waals surface area contributed by atoms with Crippen molar-refractivity contribution >= 4 is 23.4 Å². The molecule has 3 saturated carbocycles. The minimum atomic E-state index is -0.970. The van der Waals surface area contributed by atoms with Crippen LogP contribution in [0, 0.1) is 38.7 Å². The molecule has 0 unspecified atom stereocenters. The highest BCUT2D eigenvalue weighted by Crippen LogP contribution is 2.65. The molecule has 0 bridgehead atoms. The number of aliphatic hydroxyl groups excluding tert-OH is 1. The number of nitro groups is 1. The number of dihydropyridines is 1. The summed E-state index contributed by atoms with van der Waals surface area (Å²) in [4.78, 5) is 47.4. The van der Waals surface area contributed by atoms with E-state index in [0.717, 1.165) is 37.5 Å². The van der Waals surface area contributed by atoms with Crippen molar-refractivity contribution in [1.29, 1.82) is 0 Å². The molecule has 10 heteroatoms. The Kier molecular flexibility index (Phi) is 9.33. The van der Waals surface area contributed by atoms with Crippen molar-refractivity contribution in [3.63, 3.8) is 0 Å². The van der Waals surface area contributed by atoms with E-state index >= 15 is 0 Å². The number of carbonyl (C=O) groups is 3. The highest BCUT2D eigenvalue weighted by atomic mass is 16.6. The van der Waals surface area contributed by atoms with Gasteiger partial charge in [-0.15, -0.1) is 0 Å². The summed E-state index contributed by atoms with van der Waals surface area (Å²) in [5, 5.41) is 24.8. The van der Waals surface area contributed by atoms with E-state index in [9.17, 15) is 29.6 Å². The van der Waals surface area contributed by atoms with E-state index in [1.54, 1.807) is 19.9 Å². The van der Waals surface area contributed by atoms with Crippen LogP contribution in [-0.4, -0.2) is 48.1 Å². The molecule has 10 nitrogen and oxygen atoms in total. The number of fused-ring (bicyclic) bond motifs is 5. The molecular weight excluding hydrogens is 588 g/mol. The molecule has 0 saturated heterocycles. The first-order chi connectivity index (χ1) is 21.8. The number of carbonyl (C=O) groups excluding carboxylic acids is 3. The van der Waals surface area contributed by atoms with Crippen molar-refractivity contribution in [3.8, 4) is 0 Å². The first kappa shape index (κ1) is 33.6. The smallest absolute Gasteiger partial charge is 0.336 e. The second kappa shape index (κ2) is 12.8.